The summed E-state index contributed by atoms with van der Waals surface area (Å²) in [7, 11) is 3.02. The minimum Gasteiger partial charge on any atom is -0.496 e. The molecule has 2 aromatic rings. The number of hydrogen-bond donors (Lipinski definition) is 1. The molecular formula is C18H23N3O3S. The Morgan fingerprint density at radius 1 is 1.20 bits per heavy atom. The molecular weight excluding hydrogens is 338 g/mol. The van der Waals surface area contributed by atoms with Crippen molar-refractivity contribution in [3.8, 4) is 11.5 Å². The Kier molecular flexibility index (Phi) is 5.79. The third-order valence-electron chi connectivity index (χ3n) is 4.25. The van der Waals surface area contributed by atoms with Crippen molar-refractivity contribution in [1.29, 1.82) is 0 Å². The lowest BCUT2D eigenvalue weighted by Crippen LogP contribution is -2.18. The van der Waals surface area contributed by atoms with E-state index < -0.39 is 0 Å². The van der Waals surface area contributed by atoms with Crippen LogP contribution >= 0.6 is 11.3 Å². The van der Waals surface area contributed by atoms with Gasteiger partial charge in [0, 0.05) is 5.41 Å². The van der Waals surface area contributed by atoms with Crippen LogP contribution in [0.5, 0.6) is 11.5 Å². The number of methoxy groups -OCH3 is 2. The Morgan fingerprint density at radius 2 is 1.80 bits per heavy atom. The fourth-order valence-corrected chi connectivity index (χ4v) is 3.20. The van der Waals surface area contributed by atoms with Crippen molar-refractivity contribution in [1.82, 2.24) is 10.2 Å². The van der Waals surface area contributed by atoms with Gasteiger partial charge >= 0.3 is 0 Å². The van der Waals surface area contributed by atoms with Crippen LogP contribution in [0.1, 0.15) is 43.1 Å². The largest absolute Gasteiger partial charge is 0.496 e. The molecule has 0 saturated heterocycles. The van der Waals surface area contributed by atoms with Crippen LogP contribution in [-0.2, 0) is 5.41 Å². The van der Waals surface area contributed by atoms with Crippen LogP contribution in [0, 0.1) is 0 Å². The van der Waals surface area contributed by atoms with E-state index >= 15 is 0 Å². The van der Waals surface area contributed by atoms with Gasteiger partial charge in [-0.05, 0) is 39.8 Å². The fourth-order valence-electron chi connectivity index (χ4n) is 2.29. The molecule has 0 radical (unpaired) electrons. The number of benzene rings is 1. The van der Waals surface area contributed by atoms with Gasteiger partial charge in [-0.15, -0.1) is 10.2 Å². The molecule has 0 aliphatic rings. The summed E-state index contributed by atoms with van der Waals surface area (Å²) >= 11 is 1.36. The number of rotatable bonds is 6. The van der Waals surface area contributed by atoms with E-state index in [9.17, 15) is 4.79 Å². The van der Waals surface area contributed by atoms with Crippen molar-refractivity contribution in [3.05, 3.63) is 40.4 Å². The van der Waals surface area contributed by atoms with Gasteiger partial charge in [-0.3, -0.25) is 10.1 Å². The normalized spacial score (nSPS) is 12.0. The minimum absolute atomic E-state index is 0.239. The third kappa shape index (κ3) is 3.82. The number of allylic oxidation sites excluding steroid dienone is 2. The van der Waals surface area contributed by atoms with Gasteiger partial charge in [0.05, 0.1) is 14.2 Å². The maximum absolute atomic E-state index is 12.7. The highest BCUT2D eigenvalue weighted by molar-refractivity contribution is 7.15. The smallest absolute Gasteiger partial charge is 0.265 e. The maximum atomic E-state index is 12.7. The van der Waals surface area contributed by atoms with Gasteiger partial charge in [-0.25, -0.2) is 0 Å². The summed E-state index contributed by atoms with van der Waals surface area (Å²) in [4.78, 5) is 12.7. The maximum Gasteiger partial charge on any atom is 0.265 e. The Balaban J connectivity index is 2.29. The molecule has 0 aliphatic heterocycles. The quantitative estimate of drug-likeness (QED) is 0.786. The summed E-state index contributed by atoms with van der Waals surface area (Å²) in [5.41, 5.74) is 1.28. The molecule has 1 amide bonds. The zero-order chi connectivity index (χ0) is 18.6. The summed E-state index contributed by atoms with van der Waals surface area (Å²) in [6.45, 7) is 8.21. The van der Waals surface area contributed by atoms with E-state index in [2.05, 4.69) is 42.4 Å². The number of nitrogens with zero attached hydrogens (tertiary/aromatic N) is 2. The third-order valence-corrected chi connectivity index (χ3v) is 5.42. The number of carbonyl (C=O) groups is 1. The highest BCUT2D eigenvalue weighted by Crippen LogP contribution is 2.35. The molecule has 0 aliphatic carbocycles. The van der Waals surface area contributed by atoms with Gasteiger partial charge < -0.3 is 9.47 Å². The van der Waals surface area contributed by atoms with Crippen LogP contribution in [-0.4, -0.2) is 30.3 Å². The zero-order valence-corrected chi connectivity index (χ0v) is 16.2. The molecule has 0 unspecified atom stereocenters. The fraction of sp³-hybridized carbons (Fsp3) is 0.389. The molecule has 1 aromatic heterocycles. The van der Waals surface area contributed by atoms with Crippen molar-refractivity contribution >= 4 is 22.4 Å². The van der Waals surface area contributed by atoms with Crippen molar-refractivity contribution in [2.45, 2.75) is 33.1 Å². The SMILES string of the molecule is C/C=C(\C)C(C)(C)c1nnc(NC(=O)c2c(OC)cccc2OC)s1. The summed E-state index contributed by atoms with van der Waals surface area (Å²) in [6, 6.07) is 5.18. The molecule has 0 saturated carbocycles. The Bertz CT molecular complexity index is 774. The average Bonchev–Trinajstić information content (AvgIpc) is 3.09. The summed E-state index contributed by atoms with van der Waals surface area (Å²) in [6.07, 6.45) is 2.05. The number of amides is 1. The summed E-state index contributed by atoms with van der Waals surface area (Å²) in [5.74, 6) is 0.524. The second-order valence-electron chi connectivity index (χ2n) is 6.00. The molecule has 6 nitrogen and oxygen atoms in total. The van der Waals surface area contributed by atoms with E-state index in [1.54, 1.807) is 18.2 Å². The predicted molar refractivity (Wildman–Crippen MR) is 99.9 cm³/mol. The van der Waals surface area contributed by atoms with Gasteiger partial charge in [0.15, 0.2) is 0 Å². The van der Waals surface area contributed by atoms with Gasteiger partial charge in [-0.1, -0.05) is 29.1 Å². The monoisotopic (exact) mass is 361 g/mol. The second-order valence-corrected chi connectivity index (χ2v) is 6.98. The predicted octanol–water partition coefficient (Wildman–Crippen LogP) is 4.05. The molecule has 0 atom stereocenters. The van der Waals surface area contributed by atoms with Crippen LogP contribution in [0.15, 0.2) is 29.8 Å². The molecule has 0 fully saturated rings. The van der Waals surface area contributed by atoms with E-state index in [4.69, 9.17) is 9.47 Å². The van der Waals surface area contributed by atoms with Gasteiger partial charge in [-0.2, -0.15) is 0 Å². The van der Waals surface area contributed by atoms with Gasteiger partial charge in [0.1, 0.15) is 22.1 Å². The van der Waals surface area contributed by atoms with E-state index in [-0.39, 0.29) is 11.3 Å². The molecule has 1 heterocycles. The number of hydrogen-bond acceptors (Lipinski definition) is 6. The standard InChI is InChI=1S/C18H23N3O3S/c1-7-11(2)18(3,4)16-20-21-17(25-16)19-15(22)14-12(23-5)9-8-10-13(14)24-6/h7-10H,1-6H3,(H,19,21,22)/b11-7+. The van der Waals surface area contributed by atoms with Crippen molar-refractivity contribution in [2.75, 3.05) is 19.5 Å². The molecule has 25 heavy (non-hydrogen) atoms. The molecule has 1 aromatic carbocycles. The second kappa shape index (κ2) is 7.65. The van der Waals surface area contributed by atoms with Crippen LogP contribution in [0.4, 0.5) is 5.13 Å². The Morgan fingerprint density at radius 3 is 2.32 bits per heavy atom. The number of anilines is 1. The van der Waals surface area contributed by atoms with E-state index in [0.29, 0.717) is 22.2 Å². The summed E-state index contributed by atoms with van der Waals surface area (Å²) < 4.78 is 10.5. The van der Waals surface area contributed by atoms with Crippen LogP contribution in [0.25, 0.3) is 0 Å². The lowest BCUT2D eigenvalue weighted by atomic mass is 9.86. The Labute approximate surface area is 151 Å². The topological polar surface area (TPSA) is 73.3 Å². The van der Waals surface area contributed by atoms with Crippen molar-refractivity contribution in [3.63, 3.8) is 0 Å². The van der Waals surface area contributed by atoms with E-state index in [0.717, 1.165) is 5.01 Å². The highest BCUT2D eigenvalue weighted by atomic mass is 32.1. The van der Waals surface area contributed by atoms with Crippen LogP contribution < -0.4 is 14.8 Å². The first-order chi connectivity index (χ1) is 11.8. The van der Waals surface area contributed by atoms with Crippen molar-refractivity contribution in [2.24, 2.45) is 0 Å². The van der Waals surface area contributed by atoms with Gasteiger partial charge in [0.25, 0.3) is 5.91 Å². The minimum atomic E-state index is -0.349. The summed E-state index contributed by atoms with van der Waals surface area (Å²) in [5, 5.41) is 12.4. The first-order valence-electron chi connectivity index (χ1n) is 7.84. The van der Waals surface area contributed by atoms with Gasteiger partial charge in [0.2, 0.25) is 5.13 Å². The number of nitrogens with one attached hydrogen (secondary N) is 1. The first-order valence-corrected chi connectivity index (χ1v) is 8.66. The molecule has 1 N–H and O–H groups in total. The molecule has 134 valence electrons. The highest BCUT2D eigenvalue weighted by Gasteiger charge is 2.28. The van der Waals surface area contributed by atoms with Crippen LogP contribution in [0.3, 0.4) is 0 Å². The Hall–Kier alpha value is -2.41. The lowest BCUT2D eigenvalue weighted by Gasteiger charge is -2.22. The van der Waals surface area contributed by atoms with E-state index in [1.165, 1.54) is 31.1 Å². The molecule has 0 spiro atoms. The average molecular weight is 361 g/mol. The molecule has 7 heteroatoms. The van der Waals surface area contributed by atoms with E-state index in [1.807, 2.05) is 6.92 Å². The number of aromatic nitrogens is 2. The number of ether oxygens (including phenoxy) is 2. The molecule has 0 bridgehead atoms. The molecule has 2 rings (SSSR count). The number of carbonyl (C=O) groups excluding carboxylic acids is 1. The van der Waals surface area contributed by atoms with Crippen LogP contribution in [0.2, 0.25) is 0 Å². The lowest BCUT2D eigenvalue weighted by molar-refractivity contribution is 0.102. The van der Waals surface area contributed by atoms with Crippen molar-refractivity contribution < 1.29 is 14.3 Å². The zero-order valence-electron chi connectivity index (χ0n) is 15.3. The first kappa shape index (κ1) is 18.9.